The predicted molar refractivity (Wildman–Crippen MR) is 75.0 cm³/mol. The lowest BCUT2D eigenvalue weighted by molar-refractivity contribution is 0.385. The molecular formula is C13H16ClFN4O. The molecule has 0 spiro atoms. The molecule has 2 rings (SSSR count). The molecule has 1 aromatic carbocycles. The Morgan fingerprint density at radius 3 is 2.90 bits per heavy atom. The number of hydrogen-bond acceptors (Lipinski definition) is 4. The lowest BCUT2D eigenvalue weighted by atomic mass is 10.0. The number of methoxy groups -OCH3 is 1. The number of hydrogen-bond donors (Lipinski definition) is 2. The fourth-order valence-corrected chi connectivity index (χ4v) is 2.35. The summed E-state index contributed by atoms with van der Waals surface area (Å²) in [6, 6.07) is 4.15. The summed E-state index contributed by atoms with van der Waals surface area (Å²) in [4.78, 5) is 0. The van der Waals surface area contributed by atoms with E-state index in [0.29, 0.717) is 11.6 Å². The fraction of sp³-hybridized carbons (Fsp3) is 0.308. The molecule has 1 heterocycles. The SMILES string of the molecule is CCn1ncc(Cl)c1C(NN)c1ccc(F)c(OC)c1. The van der Waals surface area contributed by atoms with Crippen molar-refractivity contribution in [2.45, 2.75) is 19.5 Å². The van der Waals surface area contributed by atoms with Crippen LogP contribution in [-0.4, -0.2) is 16.9 Å². The molecule has 0 radical (unpaired) electrons. The first-order chi connectivity index (χ1) is 9.62. The van der Waals surface area contributed by atoms with Crippen LogP contribution in [0.15, 0.2) is 24.4 Å². The zero-order valence-electron chi connectivity index (χ0n) is 11.2. The molecule has 0 aliphatic heterocycles. The van der Waals surface area contributed by atoms with Crippen molar-refractivity contribution in [3.8, 4) is 5.75 Å². The first-order valence-electron chi connectivity index (χ1n) is 6.13. The second-order valence-electron chi connectivity index (χ2n) is 4.19. The van der Waals surface area contributed by atoms with Crippen LogP contribution in [-0.2, 0) is 6.54 Å². The number of rotatable bonds is 5. The summed E-state index contributed by atoms with van der Waals surface area (Å²) in [6.45, 7) is 2.60. The second kappa shape index (κ2) is 6.21. The summed E-state index contributed by atoms with van der Waals surface area (Å²) in [7, 11) is 1.41. The number of aryl methyl sites for hydroxylation is 1. The average molecular weight is 299 g/mol. The predicted octanol–water partition coefficient (Wildman–Crippen LogP) is 2.26. The van der Waals surface area contributed by atoms with Gasteiger partial charge in [-0.2, -0.15) is 5.10 Å². The highest BCUT2D eigenvalue weighted by Crippen LogP contribution is 2.30. The lowest BCUT2D eigenvalue weighted by Crippen LogP contribution is -2.31. The number of nitrogens with zero attached hydrogens (tertiary/aromatic N) is 2. The quantitative estimate of drug-likeness (QED) is 0.656. The van der Waals surface area contributed by atoms with Crippen molar-refractivity contribution >= 4 is 11.6 Å². The maximum atomic E-state index is 13.5. The third-order valence-corrected chi connectivity index (χ3v) is 3.37. The van der Waals surface area contributed by atoms with Crippen LogP contribution < -0.4 is 16.0 Å². The van der Waals surface area contributed by atoms with Crippen LogP contribution in [0, 0.1) is 5.82 Å². The van der Waals surface area contributed by atoms with Gasteiger partial charge in [-0.15, -0.1) is 0 Å². The molecule has 0 aliphatic carbocycles. The van der Waals surface area contributed by atoms with E-state index in [-0.39, 0.29) is 5.75 Å². The first kappa shape index (κ1) is 14.8. The van der Waals surface area contributed by atoms with E-state index in [4.69, 9.17) is 22.2 Å². The Hall–Kier alpha value is -1.63. The summed E-state index contributed by atoms with van der Waals surface area (Å²) in [6.07, 6.45) is 1.56. The molecular weight excluding hydrogens is 283 g/mol. The highest BCUT2D eigenvalue weighted by molar-refractivity contribution is 6.31. The minimum absolute atomic E-state index is 0.154. The van der Waals surface area contributed by atoms with Crippen LogP contribution in [0.5, 0.6) is 5.75 Å². The molecule has 5 nitrogen and oxygen atoms in total. The van der Waals surface area contributed by atoms with Gasteiger partial charge in [0, 0.05) is 6.54 Å². The molecule has 20 heavy (non-hydrogen) atoms. The van der Waals surface area contributed by atoms with E-state index in [0.717, 1.165) is 11.3 Å². The first-order valence-corrected chi connectivity index (χ1v) is 6.50. The van der Waals surface area contributed by atoms with Crippen LogP contribution >= 0.6 is 11.6 Å². The number of ether oxygens (including phenoxy) is 1. The van der Waals surface area contributed by atoms with E-state index < -0.39 is 11.9 Å². The monoisotopic (exact) mass is 298 g/mol. The van der Waals surface area contributed by atoms with Gasteiger partial charge in [0.2, 0.25) is 0 Å². The summed E-state index contributed by atoms with van der Waals surface area (Å²) in [5.41, 5.74) is 4.15. The number of nitrogens with one attached hydrogen (secondary N) is 1. The van der Waals surface area contributed by atoms with Gasteiger partial charge in [-0.3, -0.25) is 10.5 Å². The standard InChI is InChI=1S/C13H16ClFN4O/c1-3-19-13(9(14)7-17-19)12(18-16)8-4-5-10(15)11(6-8)20-2/h4-7,12,18H,3,16H2,1-2H3. The summed E-state index contributed by atoms with van der Waals surface area (Å²) in [5, 5.41) is 4.67. The van der Waals surface area contributed by atoms with Crippen molar-refractivity contribution in [1.82, 2.24) is 15.2 Å². The molecule has 108 valence electrons. The van der Waals surface area contributed by atoms with E-state index in [2.05, 4.69) is 10.5 Å². The maximum Gasteiger partial charge on any atom is 0.165 e. The van der Waals surface area contributed by atoms with Gasteiger partial charge >= 0.3 is 0 Å². The zero-order chi connectivity index (χ0) is 14.7. The summed E-state index contributed by atoms with van der Waals surface area (Å²) < 4.78 is 20.2. The van der Waals surface area contributed by atoms with Gasteiger partial charge in [0.15, 0.2) is 11.6 Å². The van der Waals surface area contributed by atoms with E-state index >= 15 is 0 Å². The molecule has 0 saturated carbocycles. The van der Waals surface area contributed by atoms with Crippen molar-refractivity contribution in [1.29, 1.82) is 0 Å². The molecule has 0 fully saturated rings. The van der Waals surface area contributed by atoms with E-state index in [1.807, 2.05) is 6.92 Å². The van der Waals surface area contributed by atoms with Crippen LogP contribution in [0.2, 0.25) is 5.02 Å². The highest BCUT2D eigenvalue weighted by atomic mass is 35.5. The second-order valence-corrected chi connectivity index (χ2v) is 4.59. The van der Waals surface area contributed by atoms with Crippen LogP contribution in [0.3, 0.4) is 0 Å². The molecule has 0 amide bonds. The zero-order valence-corrected chi connectivity index (χ0v) is 12.0. The average Bonchev–Trinajstić information content (AvgIpc) is 2.83. The molecule has 1 atom stereocenters. The van der Waals surface area contributed by atoms with E-state index in [1.54, 1.807) is 23.0 Å². The largest absolute Gasteiger partial charge is 0.494 e. The summed E-state index contributed by atoms with van der Waals surface area (Å²) in [5.74, 6) is 5.36. The Morgan fingerprint density at radius 1 is 1.55 bits per heavy atom. The Balaban J connectivity index is 2.49. The minimum atomic E-state index is -0.429. The van der Waals surface area contributed by atoms with Crippen LogP contribution in [0.4, 0.5) is 4.39 Å². The molecule has 2 aromatic rings. The van der Waals surface area contributed by atoms with Crippen molar-refractivity contribution < 1.29 is 9.13 Å². The van der Waals surface area contributed by atoms with E-state index in [1.165, 1.54) is 13.2 Å². The van der Waals surface area contributed by atoms with E-state index in [9.17, 15) is 4.39 Å². The molecule has 7 heteroatoms. The van der Waals surface area contributed by atoms with Gasteiger partial charge in [-0.1, -0.05) is 17.7 Å². The van der Waals surface area contributed by atoms with Crippen LogP contribution in [0.25, 0.3) is 0 Å². The third kappa shape index (κ3) is 2.63. The Kier molecular flexibility index (Phi) is 4.59. The lowest BCUT2D eigenvalue weighted by Gasteiger charge is -2.19. The molecule has 3 N–H and O–H groups in total. The Morgan fingerprint density at radius 2 is 2.30 bits per heavy atom. The van der Waals surface area contributed by atoms with Gasteiger partial charge in [0.05, 0.1) is 30.1 Å². The number of halogens is 2. The third-order valence-electron chi connectivity index (χ3n) is 3.08. The molecule has 0 bridgehead atoms. The van der Waals surface area contributed by atoms with Crippen molar-refractivity contribution in [3.05, 3.63) is 46.5 Å². The number of nitrogens with two attached hydrogens (primary N) is 1. The summed E-state index contributed by atoms with van der Waals surface area (Å²) >= 11 is 6.17. The number of benzene rings is 1. The maximum absolute atomic E-state index is 13.5. The van der Waals surface area contributed by atoms with Gasteiger partial charge in [0.25, 0.3) is 0 Å². The smallest absolute Gasteiger partial charge is 0.165 e. The van der Waals surface area contributed by atoms with Gasteiger partial charge < -0.3 is 4.74 Å². The molecule has 1 unspecified atom stereocenters. The Labute approximate surface area is 121 Å². The highest BCUT2D eigenvalue weighted by Gasteiger charge is 2.21. The van der Waals surface area contributed by atoms with Crippen molar-refractivity contribution in [2.24, 2.45) is 5.84 Å². The van der Waals surface area contributed by atoms with Gasteiger partial charge in [-0.05, 0) is 24.6 Å². The van der Waals surface area contributed by atoms with Crippen molar-refractivity contribution in [3.63, 3.8) is 0 Å². The Bertz CT molecular complexity index is 602. The van der Waals surface area contributed by atoms with Crippen molar-refractivity contribution in [2.75, 3.05) is 7.11 Å². The topological polar surface area (TPSA) is 65.1 Å². The molecule has 0 saturated heterocycles. The normalized spacial score (nSPS) is 12.4. The van der Waals surface area contributed by atoms with Gasteiger partial charge in [-0.25, -0.2) is 9.82 Å². The van der Waals surface area contributed by atoms with Crippen LogP contribution in [0.1, 0.15) is 24.2 Å². The number of aromatic nitrogens is 2. The fourth-order valence-electron chi connectivity index (χ4n) is 2.10. The van der Waals surface area contributed by atoms with Gasteiger partial charge in [0.1, 0.15) is 0 Å². The minimum Gasteiger partial charge on any atom is -0.494 e. The number of hydrazine groups is 1. The molecule has 0 aliphatic rings. The molecule has 1 aromatic heterocycles.